The number of guanidine groups is 1. The Morgan fingerprint density at radius 1 is 1.07 bits per heavy atom. The molecular weight excluding hydrogens is 334 g/mol. The SMILES string of the molecule is CCNC(=NCC1(c2ccccc2)CC1)NCCCN1CCCN(C)CC1. The molecule has 0 atom stereocenters. The Morgan fingerprint density at radius 2 is 1.89 bits per heavy atom. The monoisotopic (exact) mass is 371 g/mol. The first-order valence-electron chi connectivity index (χ1n) is 10.7. The molecule has 5 heteroatoms. The van der Waals surface area contributed by atoms with Crippen molar-refractivity contribution >= 4 is 5.96 Å². The number of rotatable bonds is 8. The molecule has 0 bridgehead atoms. The van der Waals surface area contributed by atoms with Crippen LogP contribution in [0.4, 0.5) is 0 Å². The molecule has 0 aromatic heterocycles. The van der Waals surface area contributed by atoms with Gasteiger partial charge in [-0.2, -0.15) is 0 Å². The van der Waals surface area contributed by atoms with Crippen LogP contribution in [0, 0.1) is 0 Å². The third-order valence-corrected chi connectivity index (χ3v) is 5.88. The van der Waals surface area contributed by atoms with Crippen LogP contribution in [0.25, 0.3) is 0 Å². The van der Waals surface area contributed by atoms with E-state index in [0.29, 0.717) is 0 Å². The molecule has 3 rings (SSSR count). The molecule has 0 unspecified atom stereocenters. The van der Waals surface area contributed by atoms with E-state index in [0.717, 1.165) is 32.0 Å². The van der Waals surface area contributed by atoms with Gasteiger partial charge in [-0.1, -0.05) is 30.3 Å². The Kier molecular flexibility index (Phi) is 7.53. The fraction of sp³-hybridized carbons (Fsp3) is 0.682. The Bertz CT molecular complexity index is 582. The average Bonchev–Trinajstić information content (AvgIpc) is 3.50. The van der Waals surface area contributed by atoms with E-state index in [1.807, 2.05) is 0 Å². The van der Waals surface area contributed by atoms with E-state index in [1.54, 1.807) is 0 Å². The second-order valence-electron chi connectivity index (χ2n) is 8.12. The summed E-state index contributed by atoms with van der Waals surface area (Å²) < 4.78 is 0. The molecule has 1 aromatic carbocycles. The van der Waals surface area contributed by atoms with Crippen LogP contribution in [-0.4, -0.2) is 75.2 Å². The molecule has 2 N–H and O–H groups in total. The first kappa shape index (κ1) is 20.2. The van der Waals surface area contributed by atoms with Gasteiger partial charge in [0.15, 0.2) is 5.96 Å². The molecule has 0 amide bonds. The minimum Gasteiger partial charge on any atom is -0.357 e. The summed E-state index contributed by atoms with van der Waals surface area (Å²) in [4.78, 5) is 9.95. The van der Waals surface area contributed by atoms with Crippen molar-refractivity contribution in [3.05, 3.63) is 35.9 Å². The van der Waals surface area contributed by atoms with Crippen molar-refractivity contribution < 1.29 is 0 Å². The van der Waals surface area contributed by atoms with Crippen LogP contribution in [-0.2, 0) is 5.41 Å². The van der Waals surface area contributed by atoms with E-state index in [2.05, 4.69) is 64.7 Å². The normalized spacial score (nSPS) is 20.9. The van der Waals surface area contributed by atoms with Gasteiger partial charge in [0.1, 0.15) is 0 Å². The van der Waals surface area contributed by atoms with Crippen LogP contribution in [0.5, 0.6) is 0 Å². The number of aliphatic imine (C=N–C) groups is 1. The Labute approximate surface area is 165 Å². The third-order valence-electron chi connectivity index (χ3n) is 5.88. The first-order chi connectivity index (χ1) is 13.2. The van der Waals surface area contributed by atoms with Crippen molar-refractivity contribution in [3.63, 3.8) is 0 Å². The molecule has 1 heterocycles. The Balaban J connectivity index is 1.43. The van der Waals surface area contributed by atoms with Gasteiger partial charge in [-0.15, -0.1) is 0 Å². The second kappa shape index (κ2) is 10.1. The van der Waals surface area contributed by atoms with Gasteiger partial charge in [0.2, 0.25) is 0 Å². The van der Waals surface area contributed by atoms with Crippen LogP contribution in [0.1, 0.15) is 38.2 Å². The molecule has 2 aliphatic rings. The lowest BCUT2D eigenvalue weighted by molar-refractivity contribution is 0.274. The number of hydrogen-bond donors (Lipinski definition) is 2. The summed E-state index contributed by atoms with van der Waals surface area (Å²) >= 11 is 0. The lowest BCUT2D eigenvalue weighted by atomic mass is 9.96. The van der Waals surface area contributed by atoms with E-state index in [1.165, 1.54) is 57.5 Å². The number of benzene rings is 1. The Hall–Kier alpha value is -1.59. The molecule has 1 aliphatic carbocycles. The molecule has 1 saturated heterocycles. The van der Waals surface area contributed by atoms with Crippen LogP contribution in [0.15, 0.2) is 35.3 Å². The summed E-state index contributed by atoms with van der Waals surface area (Å²) in [5.74, 6) is 0.968. The second-order valence-corrected chi connectivity index (χ2v) is 8.12. The largest absolute Gasteiger partial charge is 0.357 e. The minimum atomic E-state index is 0.279. The van der Waals surface area contributed by atoms with Crippen LogP contribution in [0.2, 0.25) is 0 Å². The topological polar surface area (TPSA) is 42.9 Å². The zero-order chi connectivity index (χ0) is 19.0. The predicted octanol–water partition coefficient (Wildman–Crippen LogP) is 2.30. The van der Waals surface area contributed by atoms with E-state index in [9.17, 15) is 0 Å². The average molecular weight is 372 g/mol. The maximum atomic E-state index is 4.91. The zero-order valence-electron chi connectivity index (χ0n) is 17.2. The highest BCUT2D eigenvalue weighted by molar-refractivity contribution is 5.79. The number of likely N-dealkylation sites (N-methyl/N-ethyl adjacent to an activating group) is 1. The third kappa shape index (κ3) is 6.22. The van der Waals surface area contributed by atoms with Gasteiger partial charge >= 0.3 is 0 Å². The maximum absolute atomic E-state index is 4.91. The van der Waals surface area contributed by atoms with Gasteiger partial charge in [-0.05, 0) is 64.9 Å². The molecule has 1 aliphatic heterocycles. The zero-order valence-corrected chi connectivity index (χ0v) is 17.2. The molecule has 5 nitrogen and oxygen atoms in total. The summed E-state index contributed by atoms with van der Waals surface area (Å²) in [6.07, 6.45) is 4.96. The van der Waals surface area contributed by atoms with E-state index in [4.69, 9.17) is 4.99 Å². The predicted molar refractivity (Wildman–Crippen MR) is 115 cm³/mol. The highest BCUT2D eigenvalue weighted by atomic mass is 15.2. The number of nitrogens with zero attached hydrogens (tertiary/aromatic N) is 3. The van der Waals surface area contributed by atoms with E-state index in [-0.39, 0.29) is 5.41 Å². The minimum absolute atomic E-state index is 0.279. The molecule has 2 fully saturated rings. The highest BCUT2D eigenvalue weighted by Crippen LogP contribution is 2.48. The quantitative estimate of drug-likeness (QED) is 0.418. The summed E-state index contributed by atoms with van der Waals surface area (Å²) in [6.45, 7) is 10.9. The number of hydrogen-bond acceptors (Lipinski definition) is 3. The van der Waals surface area contributed by atoms with Gasteiger partial charge in [-0.3, -0.25) is 4.99 Å². The standard InChI is InChI=1S/C22H37N5/c1-3-23-21(24-13-7-15-27-16-8-14-26(2)17-18-27)25-19-22(11-12-22)20-9-5-4-6-10-20/h4-6,9-10H,3,7-8,11-19H2,1-2H3,(H2,23,24,25). The molecular formula is C22H37N5. The van der Waals surface area contributed by atoms with Crippen LogP contribution >= 0.6 is 0 Å². The maximum Gasteiger partial charge on any atom is 0.191 e. The van der Waals surface area contributed by atoms with Gasteiger partial charge < -0.3 is 20.4 Å². The van der Waals surface area contributed by atoms with E-state index < -0.39 is 0 Å². The highest BCUT2D eigenvalue weighted by Gasteiger charge is 2.43. The van der Waals surface area contributed by atoms with E-state index >= 15 is 0 Å². The molecule has 27 heavy (non-hydrogen) atoms. The first-order valence-corrected chi connectivity index (χ1v) is 10.7. The molecule has 0 spiro atoms. The van der Waals surface area contributed by atoms with Crippen LogP contribution in [0.3, 0.4) is 0 Å². The summed E-state index contributed by atoms with van der Waals surface area (Å²) in [5, 5.41) is 6.95. The summed E-state index contributed by atoms with van der Waals surface area (Å²) in [5.41, 5.74) is 1.72. The van der Waals surface area contributed by atoms with Gasteiger partial charge in [0.25, 0.3) is 0 Å². The molecule has 0 radical (unpaired) electrons. The molecule has 150 valence electrons. The summed E-state index contributed by atoms with van der Waals surface area (Å²) in [7, 11) is 2.23. The van der Waals surface area contributed by atoms with Crippen molar-refractivity contribution in [1.82, 2.24) is 20.4 Å². The van der Waals surface area contributed by atoms with Gasteiger partial charge in [0, 0.05) is 31.6 Å². The molecule has 1 aromatic rings. The fourth-order valence-electron chi connectivity index (χ4n) is 3.89. The van der Waals surface area contributed by atoms with Gasteiger partial charge in [0.05, 0.1) is 6.54 Å². The summed E-state index contributed by atoms with van der Waals surface area (Å²) in [6, 6.07) is 10.9. The van der Waals surface area contributed by atoms with Crippen LogP contribution < -0.4 is 10.6 Å². The fourth-order valence-corrected chi connectivity index (χ4v) is 3.89. The Morgan fingerprint density at radius 3 is 2.63 bits per heavy atom. The molecule has 1 saturated carbocycles. The van der Waals surface area contributed by atoms with Crippen molar-refractivity contribution in [2.75, 3.05) is 59.4 Å². The van der Waals surface area contributed by atoms with Crippen molar-refractivity contribution in [2.24, 2.45) is 4.99 Å². The van der Waals surface area contributed by atoms with Gasteiger partial charge in [-0.25, -0.2) is 0 Å². The van der Waals surface area contributed by atoms with Crippen molar-refractivity contribution in [2.45, 2.75) is 38.0 Å². The number of nitrogens with one attached hydrogen (secondary N) is 2. The lowest BCUT2D eigenvalue weighted by Crippen LogP contribution is -2.39. The lowest BCUT2D eigenvalue weighted by Gasteiger charge is -2.20. The van der Waals surface area contributed by atoms with Crippen molar-refractivity contribution in [3.8, 4) is 0 Å². The smallest absolute Gasteiger partial charge is 0.191 e. The van der Waals surface area contributed by atoms with Crippen molar-refractivity contribution in [1.29, 1.82) is 0 Å².